The van der Waals surface area contributed by atoms with Crippen LogP contribution in [0.2, 0.25) is 0 Å². The monoisotopic (exact) mass is 523 g/mol. The number of ether oxygens (including phenoxy) is 2. The van der Waals surface area contributed by atoms with Gasteiger partial charge in [0.05, 0.1) is 0 Å². The molecule has 0 saturated heterocycles. The van der Waals surface area contributed by atoms with Crippen LogP contribution in [-0.2, 0) is 33.6 Å². The second kappa shape index (κ2) is 13.0. The van der Waals surface area contributed by atoms with Crippen molar-refractivity contribution in [2.45, 2.75) is 39.0 Å². The molecule has 0 fully saturated rings. The molecule has 3 aromatic carbocycles. The van der Waals surface area contributed by atoms with Gasteiger partial charge in [-0.05, 0) is 72.4 Å². The molecule has 0 aliphatic carbocycles. The molecule has 0 atom stereocenters. The van der Waals surface area contributed by atoms with Gasteiger partial charge in [0.2, 0.25) is 5.91 Å². The lowest BCUT2D eigenvalue weighted by molar-refractivity contribution is -0.137. The van der Waals surface area contributed by atoms with Crippen molar-refractivity contribution in [3.05, 3.63) is 71.3 Å². The predicted octanol–water partition coefficient (Wildman–Crippen LogP) is 3.26. The number of carbonyl (C=O) groups excluding carboxylic acids is 3. The minimum Gasteiger partial charge on any atom is -0.504 e. The Morgan fingerprint density at radius 3 is 1.61 bits per heavy atom. The Bertz CT molecular complexity index is 1320. The number of nitrogens with one attached hydrogen (secondary N) is 1. The average Bonchev–Trinajstić information content (AvgIpc) is 2.86. The van der Waals surface area contributed by atoms with Gasteiger partial charge in [0.25, 0.3) is 0 Å². The van der Waals surface area contributed by atoms with Gasteiger partial charge >= 0.3 is 11.9 Å². The summed E-state index contributed by atoms with van der Waals surface area (Å²) in [5, 5.41) is 40.8. The van der Waals surface area contributed by atoms with E-state index in [1.807, 2.05) is 0 Å². The fourth-order valence-electron chi connectivity index (χ4n) is 3.54. The van der Waals surface area contributed by atoms with Crippen molar-refractivity contribution in [2.75, 3.05) is 6.54 Å². The van der Waals surface area contributed by atoms with Gasteiger partial charge < -0.3 is 35.2 Å². The molecule has 10 heteroatoms. The third-order valence-corrected chi connectivity index (χ3v) is 5.56. The van der Waals surface area contributed by atoms with Crippen molar-refractivity contribution in [2.24, 2.45) is 0 Å². The first kappa shape index (κ1) is 27.9. The van der Waals surface area contributed by atoms with Crippen LogP contribution in [0, 0.1) is 0 Å². The summed E-state index contributed by atoms with van der Waals surface area (Å²) >= 11 is 0. The Labute approximate surface area is 219 Å². The molecule has 0 aromatic heterocycles. The van der Waals surface area contributed by atoms with E-state index < -0.39 is 11.9 Å². The topological polar surface area (TPSA) is 163 Å². The number of benzene rings is 3. The minimum atomic E-state index is -0.603. The normalized spacial score (nSPS) is 10.6. The number of aromatic hydroxyl groups is 4. The summed E-state index contributed by atoms with van der Waals surface area (Å²) in [4.78, 5) is 36.3. The first-order chi connectivity index (χ1) is 18.1. The second-order valence-corrected chi connectivity index (χ2v) is 8.61. The largest absolute Gasteiger partial charge is 0.504 e. The number of phenolic OH excluding ortho intramolecular Hbond substituents is 4. The van der Waals surface area contributed by atoms with Crippen molar-refractivity contribution in [1.29, 1.82) is 0 Å². The predicted molar refractivity (Wildman–Crippen MR) is 136 cm³/mol. The molecule has 0 bridgehead atoms. The van der Waals surface area contributed by atoms with Crippen molar-refractivity contribution in [1.82, 2.24) is 5.32 Å². The third-order valence-electron chi connectivity index (χ3n) is 5.56. The third kappa shape index (κ3) is 8.44. The Morgan fingerprint density at radius 2 is 1.11 bits per heavy atom. The van der Waals surface area contributed by atoms with Crippen LogP contribution in [0.25, 0.3) is 0 Å². The first-order valence-electron chi connectivity index (χ1n) is 11.9. The number of hydrogen-bond acceptors (Lipinski definition) is 9. The highest BCUT2D eigenvalue weighted by atomic mass is 16.6. The molecule has 200 valence electrons. The Balaban J connectivity index is 1.67. The zero-order valence-electron chi connectivity index (χ0n) is 20.8. The van der Waals surface area contributed by atoms with E-state index in [0.717, 1.165) is 5.56 Å². The van der Waals surface area contributed by atoms with Crippen molar-refractivity contribution in [3.63, 3.8) is 0 Å². The summed E-state index contributed by atoms with van der Waals surface area (Å²) < 4.78 is 11.0. The van der Waals surface area contributed by atoms with E-state index in [-0.39, 0.29) is 66.1 Å². The summed E-state index contributed by atoms with van der Waals surface area (Å²) in [6.45, 7) is 1.77. The number of phenols is 4. The molecule has 1 amide bonds. The molecule has 3 rings (SSSR count). The van der Waals surface area contributed by atoms with Crippen LogP contribution in [0.5, 0.6) is 34.5 Å². The Kier molecular flexibility index (Phi) is 9.53. The standard InChI is InChI=1S/C28H29NO9/c1-17(30)29-13-12-20-4-9-25(37-27(35)10-5-18-2-7-21(31)23(33)14-18)26(16-20)38-28(36)11-6-19-3-8-22(32)24(34)15-19/h2-4,7-9,14-16,31-34H,5-6,10-13H2,1H3,(H,29,30). The Morgan fingerprint density at radius 1 is 0.632 bits per heavy atom. The minimum absolute atomic E-state index is 0.0355. The molecule has 0 radical (unpaired) electrons. The highest BCUT2D eigenvalue weighted by Crippen LogP contribution is 2.31. The van der Waals surface area contributed by atoms with Gasteiger partial charge in [-0.1, -0.05) is 18.2 Å². The molecule has 5 N–H and O–H groups in total. The van der Waals surface area contributed by atoms with Gasteiger partial charge in [0, 0.05) is 26.3 Å². The smallest absolute Gasteiger partial charge is 0.311 e. The van der Waals surface area contributed by atoms with Crippen molar-refractivity contribution < 1.29 is 44.3 Å². The van der Waals surface area contributed by atoms with E-state index in [9.17, 15) is 34.8 Å². The molecule has 0 aliphatic heterocycles. The fraction of sp³-hybridized carbons (Fsp3) is 0.250. The molecular weight excluding hydrogens is 494 g/mol. The fourth-order valence-corrected chi connectivity index (χ4v) is 3.54. The van der Waals surface area contributed by atoms with Gasteiger partial charge in [0.15, 0.2) is 34.5 Å². The number of carbonyl (C=O) groups is 3. The zero-order chi connectivity index (χ0) is 27.7. The van der Waals surface area contributed by atoms with Crippen LogP contribution in [0.15, 0.2) is 54.6 Å². The van der Waals surface area contributed by atoms with Crippen LogP contribution < -0.4 is 14.8 Å². The molecule has 38 heavy (non-hydrogen) atoms. The molecule has 0 saturated carbocycles. The number of rotatable bonds is 11. The Hall–Kier alpha value is -4.73. The second-order valence-electron chi connectivity index (χ2n) is 8.61. The van der Waals surface area contributed by atoms with Gasteiger partial charge in [-0.15, -0.1) is 0 Å². The van der Waals surface area contributed by atoms with Crippen LogP contribution in [0.1, 0.15) is 36.5 Å². The lowest BCUT2D eigenvalue weighted by Crippen LogP contribution is -2.22. The molecule has 0 spiro atoms. The van der Waals surface area contributed by atoms with E-state index in [0.29, 0.717) is 24.1 Å². The number of amides is 1. The number of hydrogen-bond donors (Lipinski definition) is 5. The summed E-state index contributed by atoms with van der Waals surface area (Å²) in [6.07, 6.45) is 0.860. The van der Waals surface area contributed by atoms with Gasteiger partial charge in [-0.25, -0.2) is 0 Å². The molecule has 10 nitrogen and oxygen atoms in total. The highest BCUT2D eigenvalue weighted by molar-refractivity contribution is 5.77. The van der Waals surface area contributed by atoms with E-state index in [1.165, 1.54) is 37.3 Å². The van der Waals surface area contributed by atoms with Gasteiger partial charge in [0.1, 0.15) is 0 Å². The molecular formula is C28H29NO9. The number of esters is 2. The van der Waals surface area contributed by atoms with E-state index >= 15 is 0 Å². The molecule has 0 unspecified atom stereocenters. The highest BCUT2D eigenvalue weighted by Gasteiger charge is 2.16. The van der Waals surface area contributed by atoms with Crippen molar-refractivity contribution >= 4 is 17.8 Å². The van der Waals surface area contributed by atoms with E-state index in [4.69, 9.17) is 9.47 Å². The molecule has 0 heterocycles. The molecule has 0 aliphatic rings. The summed E-state index contributed by atoms with van der Waals surface area (Å²) in [7, 11) is 0. The average molecular weight is 524 g/mol. The number of aryl methyl sites for hydroxylation is 2. The van der Waals surface area contributed by atoms with Gasteiger partial charge in [-0.3, -0.25) is 14.4 Å². The first-order valence-corrected chi connectivity index (χ1v) is 11.9. The maximum atomic E-state index is 12.6. The summed E-state index contributed by atoms with van der Waals surface area (Å²) in [5.74, 6) is -2.40. The molecule has 3 aromatic rings. The quantitative estimate of drug-likeness (QED) is 0.144. The lowest BCUT2D eigenvalue weighted by atomic mass is 10.1. The maximum absolute atomic E-state index is 12.6. The van der Waals surface area contributed by atoms with Crippen LogP contribution in [0.3, 0.4) is 0 Å². The zero-order valence-corrected chi connectivity index (χ0v) is 20.8. The van der Waals surface area contributed by atoms with Crippen LogP contribution in [0.4, 0.5) is 0 Å². The van der Waals surface area contributed by atoms with Crippen LogP contribution in [-0.4, -0.2) is 44.8 Å². The van der Waals surface area contributed by atoms with E-state index in [1.54, 1.807) is 24.3 Å². The SMILES string of the molecule is CC(=O)NCCc1ccc(OC(=O)CCc2ccc(O)c(O)c2)c(OC(=O)CCc2ccc(O)c(O)c2)c1. The van der Waals surface area contributed by atoms with Gasteiger partial charge in [-0.2, -0.15) is 0 Å². The lowest BCUT2D eigenvalue weighted by Gasteiger charge is -2.13. The maximum Gasteiger partial charge on any atom is 0.311 e. The van der Waals surface area contributed by atoms with Crippen LogP contribution >= 0.6 is 0 Å². The van der Waals surface area contributed by atoms with Crippen molar-refractivity contribution in [3.8, 4) is 34.5 Å². The van der Waals surface area contributed by atoms with E-state index in [2.05, 4.69) is 5.32 Å². The summed E-state index contributed by atoms with van der Waals surface area (Å²) in [5.41, 5.74) is 1.98. The summed E-state index contributed by atoms with van der Waals surface area (Å²) in [6, 6.07) is 13.3.